The molecule has 0 bridgehead atoms. The number of rotatable bonds is 8. The highest BCUT2D eigenvalue weighted by molar-refractivity contribution is 5.91. The smallest absolute Gasteiger partial charge is 0.319 e. The number of methoxy groups -OCH3 is 3. The second-order valence-corrected chi connectivity index (χ2v) is 5.45. The van der Waals surface area contributed by atoms with Gasteiger partial charge in [0.1, 0.15) is 18.1 Å². The molecule has 2 N–H and O–H groups in total. The molecule has 0 heterocycles. The van der Waals surface area contributed by atoms with Crippen LogP contribution in [0.15, 0.2) is 36.4 Å². The van der Waals surface area contributed by atoms with Crippen molar-refractivity contribution in [2.75, 3.05) is 39.8 Å². The van der Waals surface area contributed by atoms with Crippen molar-refractivity contribution in [3.63, 3.8) is 0 Å². The Balaban J connectivity index is 1.83. The molecule has 0 aliphatic carbocycles. The average Bonchev–Trinajstić information content (AvgIpc) is 2.66. The highest BCUT2D eigenvalue weighted by atomic mass is 16.5. The van der Waals surface area contributed by atoms with Crippen LogP contribution in [0.3, 0.4) is 0 Å². The average molecular weight is 360 g/mol. The molecular formula is C19H24N2O5. The van der Waals surface area contributed by atoms with Gasteiger partial charge in [0.25, 0.3) is 0 Å². The summed E-state index contributed by atoms with van der Waals surface area (Å²) in [6.07, 6.45) is 0. The Bertz CT molecular complexity index is 749. The van der Waals surface area contributed by atoms with Crippen molar-refractivity contribution in [3.05, 3.63) is 42.0 Å². The van der Waals surface area contributed by atoms with Crippen molar-refractivity contribution in [2.45, 2.75) is 6.92 Å². The van der Waals surface area contributed by atoms with Gasteiger partial charge in [0.2, 0.25) is 0 Å². The van der Waals surface area contributed by atoms with E-state index in [-0.39, 0.29) is 6.03 Å². The Kier molecular flexibility index (Phi) is 6.96. The Morgan fingerprint density at radius 1 is 0.923 bits per heavy atom. The van der Waals surface area contributed by atoms with Gasteiger partial charge in [-0.2, -0.15) is 0 Å². The largest absolute Gasteiger partial charge is 0.497 e. The topological polar surface area (TPSA) is 78.1 Å². The van der Waals surface area contributed by atoms with Gasteiger partial charge >= 0.3 is 6.03 Å². The summed E-state index contributed by atoms with van der Waals surface area (Å²) in [6.45, 7) is 2.62. The van der Waals surface area contributed by atoms with Crippen LogP contribution in [0.5, 0.6) is 23.0 Å². The van der Waals surface area contributed by atoms with E-state index in [9.17, 15) is 4.79 Å². The zero-order valence-electron chi connectivity index (χ0n) is 15.4. The standard InChI is InChI=1S/C19H24N2O5/c1-13-5-8-16(18(11-13)25-4)26-10-9-20-19(22)21-15-7-6-14(23-2)12-17(15)24-3/h5-8,11-12H,9-10H2,1-4H3,(H2,20,21,22). The summed E-state index contributed by atoms with van der Waals surface area (Å²) in [5.74, 6) is 2.46. The van der Waals surface area contributed by atoms with E-state index in [2.05, 4.69) is 10.6 Å². The predicted molar refractivity (Wildman–Crippen MR) is 99.8 cm³/mol. The summed E-state index contributed by atoms with van der Waals surface area (Å²) in [4.78, 5) is 12.0. The fourth-order valence-corrected chi connectivity index (χ4v) is 2.29. The molecule has 2 aromatic rings. The first-order chi connectivity index (χ1) is 12.6. The van der Waals surface area contributed by atoms with Gasteiger partial charge in [-0.25, -0.2) is 4.79 Å². The summed E-state index contributed by atoms with van der Waals surface area (Å²) in [5.41, 5.74) is 1.63. The lowest BCUT2D eigenvalue weighted by atomic mass is 10.2. The molecule has 0 aliphatic heterocycles. The van der Waals surface area contributed by atoms with Crippen LogP contribution in [0.25, 0.3) is 0 Å². The lowest BCUT2D eigenvalue weighted by molar-refractivity contribution is 0.246. The first kappa shape index (κ1) is 19.2. The molecule has 7 heteroatoms. The fourth-order valence-electron chi connectivity index (χ4n) is 2.29. The lowest BCUT2D eigenvalue weighted by Crippen LogP contribution is -2.32. The SMILES string of the molecule is COc1ccc(NC(=O)NCCOc2ccc(C)cc2OC)c(OC)c1. The van der Waals surface area contributed by atoms with Crippen LogP contribution in [-0.2, 0) is 0 Å². The normalized spacial score (nSPS) is 10.0. The van der Waals surface area contributed by atoms with E-state index in [0.717, 1.165) is 5.56 Å². The molecule has 2 rings (SSSR count). The van der Waals surface area contributed by atoms with Gasteiger partial charge in [-0.05, 0) is 36.8 Å². The first-order valence-electron chi connectivity index (χ1n) is 8.11. The molecule has 2 aromatic carbocycles. The van der Waals surface area contributed by atoms with E-state index < -0.39 is 0 Å². The molecule has 26 heavy (non-hydrogen) atoms. The number of hydrogen-bond donors (Lipinski definition) is 2. The zero-order chi connectivity index (χ0) is 18.9. The van der Waals surface area contributed by atoms with E-state index in [1.807, 2.05) is 25.1 Å². The van der Waals surface area contributed by atoms with Gasteiger partial charge < -0.3 is 29.6 Å². The van der Waals surface area contributed by atoms with Crippen molar-refractivity contribution in [2.24, 2.45) is 0 Å². The second kappa shape index (κ2) is 9.41. The molecule has 7 nitrogen and oxygen atoms in total. The van der Waals surface area contributed by atoms with Gasteiger partial charge in [0, 0.05) is 6.07 Å². The lowest BCUT2D eigenvalue weighted by Gasteiger charge is -2.13. The number of ether oxygens (including phenoxy) is 4. The van der Waals surface area contributed by atoms with Crippen LogP contribution in [-0.4, -0.2) is 40.5 Å². The molecule has 140 valence electrons. The molecule has 0 atom stereocenters. The summed E-state index contributed by atoms with van der Waals surface area (Å²) in [5, 5.41) is 5.46. The number of carbonyl (C=O) groups excluding carboxylic acids is 1. The summed E-state index contributed by atoms with van der Waals surface area (Å²) in [6, 6.07) is 10.5. The van der Waals surface area contributed by atoms with Gasteiger partial charge in [0.05, 0.1) is 33.6 Å². The second-order valence-electron chi connectivity index (χ2n) is 5.45. The number of urea groups is 1. The van der Waals surface area contributed by atoms with Crippen LogP contribution < -0.4 is 29.6 Å². The minimum Gasteiger partial charge on any atom is -0.497 e. The number of benzene rings is 2. The van der Waals surface area contributed by atoms with E-state index in [1.54, 1.807) is 32.4 Å². The number of hydrogen-bond acceptors (Lipinski definition) is 5. The molecule has 0 unspecified atom stereocenters. The molecule has 0 fully saturated rings. The first-order valence-corrected chi connectivity index (χ1v) is 8.11. The highest BCUT2D eigenvalue weighted by Gasteiger charge is 2.09. The molecule has 0 spiro atoms. The third-order valence-electron chi connectivity index (χ3n) is 3.62. The van der Waals surface area contributed by atoms with Crippen LogP contribution in [0, 0.1) is 6.92 Å². The minimum atomic E-state index is -0.354. The van der Waals surface area contributed by atoms with Crippen LogP contribution in [0.2, 0.25) is 0 Å². The quantitative estimate of drug-likeness (QED) is 0.707. The monoisotopic (exact) mass is 360 g/mol. The maximum atomic E-state index is 12.0. The maximum Gasteiger partial charge on any atom is 0.319 e. The van der Waals surface area contributed by atoms with E-state index >= 15 is 0 Å². The Morgan fingerprint density at radius 3 is 2.38 bits per heavy atom. The molecular weight excluding hydrogens is 336 g/mol. The Morgan fingerprint density at radius 2 is 1.69 bits per heavy atom. The molecule has 0 saturated heterocycles. The molecule has 0 aromatic heterocycles. The van der Waals surface area contributed by atoms with Crippen molar-refractivity contribution >= 4 is 11.7 Å². The van der Waals surface area contributed by atoms with E-state index in [0.29, 0.717) is 41.8 Å². The Hall–Kier alpha value is -3.09. The summed E-state index contributed by atoms with van der Waals surface area (Å²) >= 11 is 0. The van der Waals surface area contributed by atoms with Crippen molar-refractivity contribution in [1.29, 1.82) is 0 Å². The summed E-state index contributed by atoms with van der Waals surface area (Å²) in [7, 11) is 4.69. The number of amides is 2. The molecule has 0 aliphatic rings. The van der Waals surface area contributed by atoms with Crippen LogP contribution in [0.1, 0.15) is 5.56 Å². The molecule has 0 radical (unpaired) electrons. The third-order valence-corrected chi connectivity index (χ3v) is 3.62. The zero-order valence-corrected chi connectivity index (χ0v) is 15.4. The van der Waals surface area contributed by atoms with E-state index in [1.165, 1.54) is 7.11 Å². The van der Waals surface area contributed by atoms with Gasteiger partial charge in [0.15, 0.2) is 11.5 Å². The number of carbonyl (C=O) groups is 1. The number of nitrogens with one attached hydrogen (secondary N) is 2. The van der Waals surface area contributed by atoms with Crippen LogP contribution >= 0.6 is 0 Å². The van der Waals surface area contributed by atoms with Gasteiger partial charge in [-0.15, -0.1) is 0 Å². The van der Waals surface area contributed by atoms with E-state index in [4.69, 9.17) is 18.9 Å². The van der Waals surface area contributed by atoms with Crippen molar-refractivity contribution in [1.82, 2.24) is 5.32 Å². The van der Waals surface area contributed by atoms with Crippen LogP contribution in [0.4, 0.5) is 10.5 Å². The molecule has 2 amide bonds. The van der Waals surface area contributed by atoms with Gasteiger partial charge in [-0.1, -0.05) is 6.07 Å². The minimum absolute atomic E-state index is 0.312. The predicted octanol–water partition coefficient (Wildman–Crippen LogP) is 3.22. The fraction of sp³-hybridized carbons (Fsp3) is 0.316. The molecule has 0 saturated carbocycles. The maximum absolute atomic E-state index is 12.0. The Labute approximate surface area is 153 Å². The van der Waals surface area contributed by atoms with Crippen molar-refractivity contribution in [3.8, 4) is 23.0 Å². The summed E-state index contributed by atoms with van der Waals surface area (Å²) < 4.78 is 21.3. The van der Waals surface area contributed by atoms with Gasteiger partial charge in [-0.3, -0.25) is 0 Å². The van der Waals surface area contributed by atoms with Crippen molar-refractivity contribution < 1.29 is 23.7 Å². The number of aryl methyl sites for hydroxylation is 1. The third kappa shape index (κ3) is 5.20. The highest BCUT2D eigenvalue weighted by Crippen LogP contribution is 2.29. The number of anilines is 1.